The van der Waals surface area contributed by atoms with Crippen molar-refractivity contribution in [2.45, 2.75) is 44.6 Å². The maximum absolute atomic E-state index is 13.6. The first-order chi connectivity index (χ1) is 12.0. The third kappa shape index (κ3) is 4.15. The smallest absolute Gasteiger partial charge is 0.430 e. The van der Waals surface area contributed by atoms with Crippen LogP contribution in [-0.4, -0.2) is 31.4 Å². The topological polar surface area (TPSA) is 38.7 Å². The SMILES string of the molecule is C/C=C/c1cc(C(OCOC)(C(F)(F)F)C(F)(F)F)cc(CCC)c1O. The van der Waals surface area contributed by atoms with Crippen molar-refractivity contribution < 1.29 is 40.9 Å². The molecule has 0 spiro atoms. The van der Waals surface area contributed by atoms with Gasteiger partial charge in [-0.2, -0.15) is 26.3 Å². The fourth-order valence-corrected chi connectivity index (χ4v) is 2.57. The van der Waals surface area contributed by atoms with Crippen molar-refractivity contribution in [1.82, 2.24) is 0 Å². The molecule has 0 aliphatic carbocycles. The second-order valence-corrected chi connectivity index (χ2v) is 5.55. The van der Waals surface area contributed by atoms with E-state index in [4.69, 9.17) is 0 Å². The Hall–Kier alpha value is -1.74. The lowest BCUT2D eigenvalue weighted by Crippen LogP contribution is -2.56. The average Bonchev–Trinajstić information content (AvgIpc) is 2.50. The van der Waals surface area contributed by atoms with Crippen molar-refractivity contribution in [3.63, 3.8) is 0 Å². The van der Waals surface area contributed by atoms with Gasteiger partial charge >= 0.3 is 12.4 Å². The fraction of sp³-hybridized carbons (Fsp3) is 0.529. The van der Waals surface area contributed by atoms with E-state index in [0.29, 0.717) is 18.6 Å². The first-order valence-electron chi connectivity index (χ1n) is 7.71. The molecule has 0 aromatic heterocycles. The van der Waals surface area contributed by atoms with Crippen LogP contribution in [-0.2, 0) is 21.5 Å². The molecule has 3 nitrogen and oxygen atoms in total. The molecule has 0 saturated carbocycles. The Labute approximate surface area is 147 Å². The van der Waals surface area contributed by atoms with Gasteiger partial charge in [0.1, 0.15) is 12.5 Å². The molecule has 0 radical (unpaired) electrons. The summed E-state index contributed by atoms with van der Waals surface area (Å²) in [5.74, 6) is -0.362. The number of hydrogen-bond acceptors (Lipinski definition) is 3. The summed E-state index contributed by atoms with van der Waals surface area (Å²) >= 11 is 0. The molecule has 0 unspecified atom stereocenters. The largest absolute Gasteiger partial charge is 0.507 e. The zero-order valence-corrected chi connectivity index (χ0v) is 14.5. The molecule has 0 aliphatic heterocycles. The van der Waals surface area contributed by atoms with E-state index in [2.05, 4.69) is 9.47 Å². The molecule has 0 saturated heterocycles. The molecule has 0 aliphatic rings. The number of ether oxygens (including phenoxy) is 2. The summed E-state index contributed by atoms with van der Waals surface area (Å²) in [6.45, 7) is 1.99. The summed E-state index contributed by atoms with van der Waals surface area (Å²) in [6.07, 6.45) is -8.48. The number of allylic oxidation sites excluding steroid dienone is 1. The third-order valence-corrected chi connectivity index (χ3v) is 3.68. The zero-order chi connectivity index (χ0) is 20.2. The minimum absolute atomic E-state index is 0.0306. The number of phenolic OH excluding ortho intramolecular Hbond substituents is 1. The predicted molar refractivity (Wildman–Crippen MR) is 83.6 cm³/mol. The normalized spacial score (nSPS) is 13.6. The van der Waals surface area contributed by atoms with Crippen LogP contribution in [0.4, 0.5) is 26.3 Å². The quantitative estimate of drug-likeness (QED) is 0.509. The summed E-state index contributed by atoms with van der Waals surface area (Å²) in [6, 6.07) is 1.31. The van der Waals surface area contributed by atoms with E-state index >= 15 is 0 Å². The number of rotatable bonds is 7. The van der Waals surface area contributed by atoms with Crippen molar-refractivity contribution in [3.05, 3.63) is 34.9 Å². The number of methoxy groups -OCH3 is 1. The number of aryl methyl sites for hydroxylation is 1. The van der Waals surface area contributed by atoms with Gasteiger partial charge in [0.2, 0.25) is 0 Å². The monoisotopic (exact) mass is 386 g/mol. The molecule has 26 heavy (non-hydrogen) atoms. The highest BCUT2D eigenvalue weighted by molar-refractivity contribution is 5.61. The van der Waals surface area contributed by atoms with Crippen molar-refractivity contribution in [2.24, 2.45) is 0 Å². The lowest BCUT2D eigenvalue weighted by atomic mass is 9.87. The van der Waals surface area contributed by atoms with Gasteiger partial charge in [-0.05, 0) is 31.0 Å². The van der Waals surface area contributed by atoms with Crippen LogP contribution < -0.4 is 0 Å². The van der Waals surface area contributed by atoms with Gasteiger partial charge in [-0.15, -0.1) is 0 Å². The molecule has 1 rings (SSSR count). The van der Waals surface area contributed by atoms with E-state index in [-0.39, 0.29) is 23.3 Å². The van der Waals surface area contributed by atoms with Crippen LogP contribution in [0.3, 0.4) is 0 Å². The molecule has 0 bridgehead atoms. The molecule has 0 atom stereocenters. The van der Waals surface area contributed by atoms with E-state index in [1.54, 1.807) is 6.92 Å². The van der Waals surface area contributed by atoms with E-state index < -0.39 is 30.3 Å². The average molecular weight is 386 g/mol. The Morgan fingerprint density at radius 2 is 1.65 bits per heavy atom. The van der Waals surface area contributed by atoms with Gasteiger partial charge in [0.25, 0.3) is 5.60 Å². The number of aromatic hydroxyl groups is 1. The molecule has 1 aromatic rings. The number of benzene rings is 1. The summed E-state index contributed by atoms with van der Waals surface area (Å²) in [5, 5.41) is 10.1. The van der Waals surface area contributed by atoms with E-state index in [0.717, 1.165) is 7.11 Å². The van der Waals surface area contributed by atoms with E-state index in [1.807, 2.05) is 0 Å². The van der Waals surface area contributed by atoms with Gasteiger partial charge in [0, 0.05) is 18.2 Å². The fourth-order valence-electron chi connectivity index (χ4n) is 2.57. The second kappa shape index (κ2) is 8.30. The Morgan fingerprint density at radius 1 is 1.08 bits per heavy atom. The van der Waals surface area contributed by atoms with Gasteiger partial charge in [-0.1, -0.05) is 25.5 Å². The summed E-state index contributed by atoms with van der Waals surface area (Å²) < 4.78 is 90.3. The molecular formula is C17H20F6O3. The third-order valence-electron chi connectivity index (χ3n) is 3.68. The van der Waals surface area contributed by atoms with Crippen LogP contribution in [0.15, 0.2) is 18.2 Å². The van der Waals surface area contributed by atoms with Gasteiger partial charge in [0.05, 0.1) is 0 Å². The molecule has 9 heteroatoms. The van der Waals surface area contributed by atoms with Gasteiger partial charge in [-0.25, -0.2) is 0 Å². The first kappa shape index (κ1) is 22.3. The summed E-state index contributed by atoms with van der Waals surface area (Å²) in [5.41, 5.74) is -5.93. The van der Waals surface area contributed by atoms with Crippen molar-refractivity contribution in [3.8, 4) is 5.75 Å². The van der Waals surface area contributed by atoms with E-state index in [1.165, 1.54) is 19.1 Å². The molecule has 1 aromatic carbocycles. The standard InChI is InChI=1S/C17H20F6O3/c1-4-6-11-8-13(9-12(7-5-2)14(11)24)15(16(18,19)20,17(21,22)23)26-10-25-3/h4,6,8-9,24H,5,7,10H2,1-3H3/b6-4+. The Balaban J connectivity index is 3.85. The van der Waals surface area contributed by atoms with Crippen LogP contribution >= 0.6 is 0 Å². The van der Waals surface area contributed by atoms with Crippen LogP contribution in [0.2, 0.25) is 0 Å². The van der Waals surface area contributed by atoms with Crippen molar-refractivity contribution in [2.75, 3.05) is 13.9 Å². The number of phenols is 1. The van der Waals surface area contributed by atoms with Crippen LogP contribution in [0.25, 0.3) is 6.08 Å². The predicted octanol–water partition coefficient (Wildman–Crippen LogP) is 5.32. The maximum atomic E-state index is 13.6. The van der Waals surface area contributed by atoms with Crippen LogP contribution in [0, 0.1) is 0 Å². The zero-order valence-electron chi connectivity index (χ0n) is 14.5. The minimum atomic E-state index is -5.81. The number of halogens is 6. The Bertz CT molecular complexity index is 621. The lowest BCUT2D eigenvalue weighted by molar-refractivity contribution is -0.400. The highest BCUT2D eigenvalue weighted by Gasteiger charge is 2.73. The molecule has 0 amide bonds. The first-order valence-corrected chi connectivity index (χ1v) is 7.71. The van der Waals surface area contributed by atoms with Crippen molar-refractivity contribution in [1.29, 1.82) is 0 Å². The summed E-state index contributed by atoms with van der Waals surface area (Å²) in [7, 11) is 0.919. The van der Waals surface area contributed by atoms with Gasteiger partial charge < -0.3 is 14.6 Å². The molecule has 148 valence electrons. The van der Waals surface area contributed by atoms with Crippen LogP contribution in [0.5, 0.6) is 5.75 Å². The lowest BCUT2D eigenvalue weighted by Gasteiger charge is -2.37. The minimum Gasteiger partial charge on any atom is -0.507 e. The molecule has 1 N–H and O–H groups in total. The van der Waals surface area contributed by atoms with E-state index in [9.17, 15) is 31.4 Å². The number of hydrogen-bond donors (Lipinski definition) is 1. The highest BCUT2D eigenvalue weighted by Crippen LogP contribution is 2.53. The van der Waals surface area contributed by atoms with Crippen molar-refractivity contribution >= 4 is 6.08 Å². The summed E-state index contributed by atoms with van der Waals surface area (Å²) in [4.78, 5) is 0. The number of alkyl halides is 6. The van der Waals surface area contributed by atoms with Crippen LogP contribution in [0.1, 0.15) is 37.0 Å². The Kier molecular flexibility index (Phi) is 7.12. The highest BCUT2D eigenvalue weighted by atomic mass is 19.4. The molecular weight excluding hydrogens is 366 g/mol. The van der Waals surface area contributed by atoms with Gasteiger partial charge in [0.15, 0.2) is 0 Å². The van der Waals surface area contributed by atoms with Gasteiger partial charge in [-0.3, -0.25) is 0 Å². The maximum Gasteiger partial charge on any atom is 0.430 e. The Morgan fingerprint density at radius 3 is 2.08 bits per heavy atom. The molecule has 0 fully saturated rings. The molecule has 0 heterocycles. The second-order valence-electron chi connectivity index (χ2n) is 5.55.